The first-order chi connectivity index (χ1) is 14.6. The molecule has 0 aliphatic rings. The Morgan fingerprint density at radius 2 is 1.77 bits per heavy atom. The lowest BCUT2D eigenvalue weighted by Gasteiger charge is -2.11. The first-order valence-electron chi connectivity index (χ1n) is 9.55. The lowest BCUT2D eigenvalue weighted by atomic mass is 10.0. The van der Waals surface area contributed by atoms with Crippen molar-refractivity contribution in [1.82, 2.24) is 20.2 Å². The Labute approximate surface area is 179 Å². The number of nitrogens with zero attached hydrogens (tertiary/aromatic N) is 4. The van der Waals surface area contributed by atoms with Crippen LogP contribution in [0.5, 0.6) is 0 Å². The van der Waals surface area contributed by atoms with E-state index < -0.39 is 0 Å². The Bertz CT molecular complexity index is 1170. The van der Waals surface area contributed by atoms with E-state index in [4.69, 9.17) is 0 Å². The number of hydrogen-bond acceptors (Lipinski definition) is 5. The molecule has 1 aromatic heterocycles. The average Bonchev–Trinajstić information content (AvgIpc) is 3.22. The Morgan fingerprint density at radius 1 is 1.00 bits per heavy atom. The van der Waals surface area contributed by atoms with Gasteiger partial charge in [0.05, 0.1) is 11.4 Å². The second-order valence-corrected chi connectivity index (χ2v) is 7.85. The Kier molecular flexibility index (Phi) is 5.90. The van der Waals surface area contributed by atoms with Crippen LogP contribution in [0.2, 0.25) is 0 Å². The zero-order valence-corrected chi connectivity index (χ0v) is 17.6. The van der Waals surface area contributed by atoms with Crippen molar-refractivity contribution < 1.29 is 4.79 Å². The molecule has 1 N–H and O–H groups in total. The van der Waals surface area contributed by atoms with Crippen LogP contribution in [-0.4, -0.2) is 31.9 Å². The second kappa shape index (κ2) is 8.92. The topological polar surface area (TPSA) is 72.7 Å². The number of carbonyl (C=O) groups is 1. The summed E-state index contributed by atoms with van der Waals surface area (Å²) in [6.07, 6.45) is 0. The smallest absolute Gasteiger partial charge is 0.234 e. The average molecular weight is 416 g/mol. The van der Waals surface area contributed by atoms with Gasteiger partial charge in [-0.05, 0) is 47.5 Å². The molecule has 3 aromatic carbocycles. The summed E-state index contributed by atoms with van der Waals surface area (Å²) in [7, 11) is 0. The molecule has 0 unspecified atom stereocenters. The number of para-hydroxylation sites is 1. The van der Waals surface area contributed by atoms with Crippen molar-refractivity contribution in [2.45, 2.75) is 19.0 Å². The fraction of sp³-hybridized carbons (Fsp3) is 0.130. The van der Waals surface area contributed by atoms with Crippen LogP contribution in [0, 0.1) is 13.8 Å². The van der Waals surface area contributed by atoms with E-state index in [1.54, 1.807) is 4.68 Å². The minimum absolute atomic E-state index is 0.112. The molecule has 4 aromatic rings. The summed E-state index contributed by atoms with van der Waals surface area (Å²) in [5.74, 6) is 0.0903. The predicted octanol–water partition coefficient (Wildman–Crippen LogP) is 4.68. The Balaban J connectivity index is 1.47. The van der Waals surface area contributed by atoms with E-state index in [1.807, 2.05) is 80.6 Å². The van der Waals surface area contributed by atoms with Gasteiger partial charge in [0, 0.05) is 11.3 Å². The van der Waals surface area contributed by atoms with Crippen LogP contribution in [0.3, 0.4) is 0 Å². The summed E-state index contributed by atoms with van der Waals surface area (Å²) in [6.45, 7) is 4.06. The van der Waals surface area contributed by atoms with Crippen molar-refractivity contribution in [3.05, 3.63) is 83.9 Å². The largest absolute Gasteiger partial charge is 0.325 e. The maximum atomic E-state index is 12.6. The van der Waals surface area contributed by atoms with E-state index in [9.17, 15) is 4.79 Å². The summed E-state index contributed by atoms with van der Waals surface area (Å²) in [6, 6.07) is 23.9. The van der Waals surface area contributed by atoms with Crippen LogP contribution in [0.1, 0.15) is 11.1 Å². The van der Waals surface area contributed by atoms with Gasteiger partial charge in [-0.1, -0.05) is 78.0 Å². The molecule has 0 saturated carbocycles. The van der Waals surface area contributed by atoms with E-state index in [1.165, 1.54) is 17.3 Å². The van der Waals surface area contributed by atoms with Gasteiger partial charge < -0.3 is 5.32 Å². The Hall–Kier alpha value is -3.45. The highest BCUT2D eigenvalue weighted by Gasteiger charge is 2.14. The van der Waals surface area contributed by atoms with Crippen molar-refractivity contribution >= 4 is 23.4 Å². The van der Waals surface area contributed by atoms with Gasteiger partial charge in [0.25, 0.3) is 0 Å². The number of nitrogens with one attached hydrogen (secondary N) is 1. The van der Waals surface area contributed by atoms with Crippen LogP contribution in [0.4, 0.5) is 5.69 Å². The number of aryl methyl sites for hydroxylation is 2. The maximum absolute atomic E-state index is 12.6. The third-order valence-corrected chi connectivity index (χ3v) is 5.56. The quantitative estimate of drug-likeness (QED) is 0.463. The molecule has 0 spiro atoms. The second-order valence-electron chi connectivity index (χ2n) is 6.91. The van der Waals surface area contributed by atoms with Crippen LogP contribution in [-0.2, 0) is 4.79 Å². The summed E-state index contributed by atoms with van der Waals surface area (Å²) >= 11 is 1.31. The van der Waals surface area contributed by atoms with Crippen molar-refractivity contribution in [1.29, 1.82) is 0 Å². The van der Waals surface area contributed by atoms with E-state index in [2.05, 4.69) is 26.9 Å². The number of aromatic nitrogens is 4. The highest BCUT2D eigenvalue weighted by Crippen LogP contribution is 2.28. The number of anilines is 1. The van der Waals surface area contributed by atoms with Gasteiger partial charge in [0.15, 0.2) is 0 Å². The summed E-state index contributed by atoms with van der Waals surface area (Å²) in [4.78, 5) is 12.6. The van der Waals surface area contributed by atoms with Crippen molar-refractivity contribution in [2.75, 3.05) is 11.1 Å². The van der Waals surface area contributed by atoms with Gasteiger partial charge in [-0.3, -0.25) is 4.79 Å². The first-order valence-corrected chi connectivity index (χ1v) is 10.5. The molecule has 0 saturated heterocycles. The maximum Gasteiger partial charge on any atom is 0.234 e. The normalized spacial score (nSPS) is 10.7. The molecule has 0 atom stereocenters. The molecular weight excluding hydrogens is 394 g/mol. The molecule has 6 nitrogen and oxygen atoms in total. The summed E-state index contributed by atoms with van der Waals surface area (Å²) in [5.41, 5.74) is 5.97. The van der Waals surface area contributed by atoms with Crippen LogP contribution < -0.4 is 5.32 Å². The molecule has 0 aliphatic carbocycles. The number of tetrazole rings is 1. The van der Waals surface area contributed by atoms with E-state index in [-0.39, 0.29) is 11.7 Å². The van der Waals surface area contributed by atoms with Crippen LogP contribution >= 0.6 is 11.8 Å². The van der Waals surface area contributed by atoms with Crippen LogP contribution in [0.25, 0.3) is 16.8 Å². The highest BCUT2D eigenvalue weighted by molar-refractivity contribution is 7.99. The number of carbonyl (C=O) groups excluding carboxylic acids is 1. The van der Waals surface area contributed by atoms with E-state index in [0.717, 1.165) is 28.1 Å². The minimum Gasteiger partial charge on any atom is -0.325 e. The molecule has 0 aliphatic heterocycles. The summed E-state index contributed by atoms with van der Waals surface area (Å²) < 4.78 is 1.67. The molecule has 150 valence electrons. The molecule has 1 amide bonds. The minimum atomic E-state index is -0.112. The van der Waals surface area contributed by atoms with Crippen molar-refractivity contribution in [3.63, 3.8) is 0 Å². The van der Waals surface area contributed by atoms with Gasteiger partial charge in [0.2, 0.25) is 11.1 Å². The van der Waals surface area contributed by atoms with Gasteiger partial charge in [-0.25, -0.2) is 0 Å². The number of hydrogen-bond donors (Lipinski definition) is 1. The third-order valence-electron chi connectivity index (χ3n) is 4.64. The van der Waals surface area contributed by atoms with Crippen LogP contribution in [0.15, 0.2) is 78.0 Å². The lowest BCUT2D eigenvalue weighted by molar-refractivity contribution is -0.113. The fourth-order valence-electron chi connectivity index (χ4n) is 3.24. The van der Waals surface area contributed by atoms with E-state index in [0.29, 0.717) is 5.16 Å². The predicted molar refractivity (Wildman–Crippen MR) is 120 cm³/mol. The SMILES string of the molecule is Cc1ccc(-n2nnnc2SCC(=O)Nc2ccccc2-c2ccccc2)c(C)c1. The lowest BCUT2D eigenvalue weighted by Crippen LogP contribution is -2.15. The van der Waals surface area contributed by atoms with Gasteiger partial charge in [-0.15, -0.1) is 5.10 Å². The zero-order valence-electron chi connectivity index (χ0n) is 16.7. The molecule has 4 rings (SSSR count). The van der Waals surface area contributed by atoms with Gasteiger partial charge in [-0.2, -0.15) is 4.68 Å². The number of rotatable bonds is 6. The zero-order chi connectivity index (χ0) is 20.9. The molecular formula is C23H21N5OS. The third kappa shape index (κ3) is 4.41. The Morgan fingerprint density at radius 3 is 2.57 bits per heavy atom. The number of thioether (sulfide) groups is 1. The van der Waals surface area contributed by atoms with Crippen molar-refractivity contribution in [2.24, 2.45) is 0 Å². The molecule has 0 radical (unpaired) electrons. The first kappa shape index (κ1) is 19.8. The standard InChI is InChI=1S/C23H21N5OS/c1-16-12-13-21(17(2)14-16)28-23(25-26-27-28)30-15-22(29)24-20-11-7-6-10-19(20)18-8-4-3-5-9-18/h3-14H,15H2,1-2H3,(H,24,29). The monoisotopic (exact) mass is 415 g/mol. The molecule has 1 heterocycles. The van der Waals surface area contributed by atoms with E-state index >= 15 is 0 Å². The molecule has 7 heteroatoms. The number of benzene rings is 3. The highest BCUT2D eigenvalue weighted by atomic mass is 32.2. The van der Waals surface area contributed by atoms with Gasteiger partial charge in [0.1, 0.15) is 0 Å². The molecule has 30 heavy (non-hydrogen) atoms. The number of amides is 1. The molecule has 0 fully saturated rings. The summed E-state index contributed by atoms with van der Waals surface area (Å²) in [5, 5.41) is 15.6. The molecule has 0 bridgehead atoms. The van der Waals surface area contributed by atoms with Gasteiger partial charge >= 0.3 is 0 Å². The van der Waals surface area contributed by atoms with Crippen molar-refractivity contribution in [3.8, 4) is 16.8 Å². The fourth-order valence-corrected chi connectivity index (χ4v) is 3.92.